The second-order valence-electron chi connectivity index (χ2n) is 5.74. The Morgan fingerprint density at radius 2 is 2.04 bits per heavy atom. The van der Waals surface area contributed by atoms with Gasteiger partial charge in [-0.05, 0) is 13.0 Å². The average Bonchev–Trinajstić information content (AvgIpc) is 3.01. The molecule has 1 unspecified atom stereocenters. The lowest BCUT2D eigenvalue weighted by molar-refractivity contribution is -0.00283. The number of ether oxygens (including phenoxy) is 1. The molecule has 1 fully saturated rings. The number of benzene rings is 1. The molecule has 1 aromatic carbocycles. The molecule has 2 aromatic rings. The second-order valence-corrected chi connectivity index (χ2v) is 5.74. The van der Waals surface area contributed by atoms with Gasteiger partial charge in [-0.25, -0.2) is 0 Å². The number of ketones is 1. The molecular weight excluding hydrogens is 292 g/mol. The highest BCUT2D eigenvalue weighted by atomic mass is 16.5. The van der Waals surface area contributed by atoms with Gasteiger partial charge in [0.05, 0.1) is 24.8 Å². The highest BCUT2D eigenvalue weighted by Gasteiger charge is 2.30. The van der Waals surface area contributed by atoms with Crippen molar-refractivity contribution in [3.63, 3.8) is 0 Å². The van der Waals surface area contributed by atoms with Gasteiger partial charge in [0.25, 0.3) is 5.91 Å². The van der Waals surface area contributed by atoms with E-state index >= 15 is 0 Å². The topological polar surface area (TPSA) is 62.4 Å². The van der Waals surface area contributed by atoms with Gasteiger partial charge in [0.15, 0.2) is 5.78 Å². The third kappa shape index (κ3) is 3.35. The summed E-state index contributed by atoms with van der Waals surface area (Å²) in [7, 11) is 0. The molecule has 1 aromatic heterocycles. The van der Waals surface area contributed by atoms with Gasteiger partial charge in [0.1, 0.15) is 0 Å². The van der Waals surface area contributed by atoms with Crippen molar-refractivity contribution in [1.29, 1.82) is 0 Å². The van der Waals surface area contributed by atoms with Crippen LogP contribution in [-0.2, 0) is 4.74 Å². The summed E-state index contributed by atoms with van der Waals surface area (Å²) in [5.74, 6) is -0.0115. The predicted molar refractivity (Wildman–Crippen MR) is 86.6 cm³/mol. The molecule has 0 radical (unpaired) electrons. The third-order valence-corrected chi connectivity index (χ3v) is 4.19. The van der Waals surface area contributed by atoms with Gasteiger partial charge in [-0.15, -0.1) is 0 Å². The molecule has 0 aliphatic carbocycles. The van der Waals surface area contributed by atoms with Crippen molar-refractivity contribution in [2.24, 2.45) is 0 Å². The highest BCUT2D eigenvalue weighted by molar-refractivity contribution is 5.98. The van der Waals surface area contributed by atoms with Crippen LogP contribution >= 0.6 is 0 Å². The molecule has 1 amide bonds. The van der Waals surface area contributed by atoms with Crippen LogP contribution in [0.25, 0.3) is 0 Å². The fraction of sp³-hybridized carbons (Fsp3) is 0.333. The zero-order chi connectivity index (χ0) is 16.2. The molecule has 0 bridgehead atoms. The van der Waals surface area contributed by atoms with E-state index in [1.807, 2.05) is 25.1 Å². The van der Waals surface area contributed by atoms with Gasteiger partial charge >= 0.3 is 0 Å². The van der Waals surface area contributed by atoms with Gasteiger partial charge in [-0.1, -0.05) is 30.3 Å². The number of Topliss-reactive ketones (excluding diaryl/α,β-unsaturated/α-hetero) is 1. The Balaban J connectivity index is 1.75. The Morgan fingerprint density at radius 3 is 2.74 bits per heavy atom. The van der Waals surface area contributed by atoms with Crippen molar-refractivity contribution in [2.45, 2.75) is 19.4 Å². The molecule has 5 nitrogen and oxygen atoms in total. The van der Waals surface area contributed by atoms with Crippen LogP contribution in [0.4, 0.5) is 0 Å². The van der Waals surface area contributed by atoms with Crippen molar-refractivity contribution >= 4 is 11.7 Å². The van der Waals surface area contributed by atoms with E-state index in [9.17, 15) is 9.59 Å². The zero-order valence-electron chi connectivity index (χ0n) is 13.1. The maximum absolute atomic E-state index is 12.7. The predicted octanol–water partition coefficient (Wildman–Crippen LogP) is 2.44. The van der Waals surface area contributed by atoms with Crippen LogP contribution < -0.4 is 0 Å². The second kappa shape index (κ2) is 6.79. The number of nitrogens with one attached hydrogen (secondary N) is 1. The number of amides is 1. The number of aryl methyl sites for hydroxylation is 1. The summed E-state index contributed by atoms with van der Waals surface area (Å²) >= 11 is 0. The SMILES string of the molecule is Cc1[nH]ccc1C(=O)N1CCOCC1CC(=O)c1ccccc1. The lowest BCUT2D eigenvalue weighted by Gasteiger charge is -2.35. The van der Waals surface area contributed by atoms with Crippen LogP contribution in [0.2, 0.25) is 0 Å². The summed E-state index contributed by atoms with van der Waals surface area (Å²) in [4.78, 5) is 30.0. The van der Waals surface area contributed by atoms with E-state index in [0.29, 0.717) is 30.9 Å². The van der Waals surface area contributed by atoms with Gasteiger partial charge in [0.2, 0.25) is 0 Å². The molecule has 23 heavy (non-hydrogen) atoms. The summed E-state index contributed by atoms with van der Waals surface area (Å²) in [6.45, 7) is 3.28. The average molecular weight is 312 g/mol. The van der Waals surface area contributed by atoms with Gasteiger partial charge in [0, 0.05) is 30.4 Å². The van der Waals surface area contributed by atoms with Gasteiger partial charge in [-0.2, -0.15) is 0 Å². The summed E-state index contributed by atoms with van der Waals surface area (Å²) in [6.07, 6.45) is 2.03. The summed E-state index contributed by atoms with van der Waals surface area (Å²) in [5.41, 5.74) is 2.17. The van der Waals surface area contributed by atoms with E-state index in [4.69, 9.17) is 4.74 Å². The Bertz CT molecular complexity index is 693. The Hall–Kier alpha value is -2.40. The van der Waals surface area contributed by atoms with E-state index in [1.165, 1.54) is 0 Å². The number of carbonyl (C=O) groups is 2. The quantitative estimate of drug-likeness (QED) is 0.882. The number of aromatic amines is 1. The van der Waals surface area contributed by atoms with E-state index in [1.54, 1.807) is 29.3 Å². The Morgan fingerprint density at radius 1 is 1.26 bits per heavy atom. The molecule has 1 aliphatic heterocycles. The smallest absolute Gasteiger partial charge is 0.256 e. The minimum absolute atomic E-state index is 0.0321. The molecule has 3 rings (SSSR count). The van der Waals surface area contributed by atoms with Crippen LogP contribution in [0.15, 0.2) is 42.6 Å². The number of hydrogen-bond acceptors (Lipinski definition) is 3. The Labute approximate surface area is 135 Å². The molecule has 0 spiro atoms. The maximum atomic E-state index is 12.7. The number of hydrogen-bond donors (Lipinski definition) is 1. The molecule has 2 heterocycles. The molecule has 1 N–H and O–H groups in total. The number of morpholine rings is 1. The summed E-state index contributed by atoms with van der Waals surface area (Å²) in [6, 6.07) is 10.7. The van der Waals surface area contributed by atoms with Crippen molar-refractivity contribution in [3.8, 4) is 0 Å². The lowest BCUT2D eigenvalue weighted by Crippen LogP contribution is -2.49. The number of nitrogens with zero attached hydrogens (tertiary/aromatic N) is 1. The normalized spacial score (nSPS) is 18.0. The standard InChI is InChI=1S/C18H20N2O3/c1-13-16(7-8-19-13)18(22)20-9-10-23-12-15(20)11-17(21)14-5-3-2-4-6-14/h2-8,15,19H,9-12H2,1H3. The van der Waals surface area contributed by atoms with Gasteiger partial charge < -0.3 is 14.6 Å². The first-order valence-corrected chi connectivity index (χ1v) is 7.78. The van der Waals surface area contributed by atoms with Crippen molar-refractivity contribution in [3.05, 3.63) is 59.4 Å². The number of carbonyl (C=O) groups excluding carboxylic acids is 2. The minimum atomic E-state index is -0.224. The molecule has 5 heteroatoms. The summed E-state index contributed by atoms with van der Waals surface area (Å²) in [5, 5.41) is 0. The monoisotopic (exact) mass is 312 g/mol. The highest BCUT2D eigenvalue weighted by Crippen LogP contribution is 2.18. The van der Waals surface area contributed by atoms with E-state index in [0.717, 1.165) is 5.69 Å². The van der Waals surface area contributed by atoms with Crippen LogP contribution in [-0.4, -0.2) is 47.4 Å². The largest absolute Gasteiger partial charge is 0.377 e. The molecule has 1 saturated heterocycles. The van der Waals surface area contributed by atoms with Gasteiger partial charge in [-0.3, -0.25) is 9.59 Å². The third-order valence-electron chi connectivity index (χ3n) is 4.19. The van der Waals surface area contributed by atoms with Crippen LogP contribution in [0.5, 0.6) is 0 Å². The van der Waals surface area contributed by atoms with Crippen molar-refractivity contribution < 1.29 is 14.3 Å². The Kier molecular flexibility index (Phi) is 4.57. The lowest BCUT2D eigenvalue weighted by atomic mass is 10.0. The number of aromatic nitrogens is 1. The first kappa shape index (κ1) is 15.5. The van der Waals surface area contributed by atoms with E-state index < -0.39 is 0 Å². The molecule has 1 aliphatic rings. The summed E-state index contributed by atoms with van der Waals surface area (Å²) < 4.78 is 5.49. The van der Waals surface area contributed by atoms with E-state index in [2.05, 4.69) is 4.98 Å². The minimum Gasteiger partial charge on any atom is -0.377 e. The van der Waals surface area contributed by atoms with Crippen LogP contribution in [0.3, 0.4) is 0 Å². The first-order valence-electron chi connectivity index (χ1n) is 7.78. The van der Waals surface area contributed by atoms with Crippen LogP contribution in [0, 0.1) is 6.92 Å². The molecular formula is C18H20N2O3. The fourth-order valence-electron chi connectivity index (χ4n) is 2.89. The van der Waals surface area contributed by atoms with Crippen molar-refractivity contribution in [1.82, 2.24) is 9.88 Å². The van der Waals surface area contributed by atoms with Crippen molar-refractivity contribution in [2.75, 3.05) is 19.8 Å². The maximum Gasteiger partial charge on any atom is 0.256 e. The van der Waals surface area contributed by atoms with E-state index in [-0.39, 0.29) is 24.2 Å². The van der Waals surface area contributed by atoms with Crippen LogP contribution in [0.1, 0.15) is 32.8 Å². The molecule has 0 saturated carbocycles. The first-order chi connectivity index (χ1) is 11.2. The molecule has 120 valence electrons. The zero-order valence-corrected chi connectivity index (χ0v) is 13.1. The number of H-pyrrole nitrogens is 1. The molecule has 1 atom stereocenters. The number of rotatable bonds is 4. The fourth-order valence-corrected chi connectivity index (χ4v) is 2.89.